The summed E-state index contributed by atoms with van der Waals surface area (Å²) < 4.78 is 2.64. The largest absolute Gasteiger partial charge is 0.309 e. The molecular formula is C46H29NS. The van der Waals surface area contributed by atoms with Gasteiger partial charge in [0.15, 0.2) is 0 Å². The van der Waals surface area contributed by atoms with Crippen molar-refractivity contribution in [3.05, 3.63) is 176 Å². The fraction of sp³-hybridized carbons (Fsp3) is 0. The fourth-order valence-electron chi connectivity index (χ4n) is 7.59. The van der Waals surface area contributed by atoms with E-state index in [2.05, 4.69) is 181 Å². The molecule has 0 bridgehead atoms. The number of fused-ring (bicyclic) bond motifs is 11. The first kappa shape index (κ1) is 27.2. The number of nitrogens with zero attached hydrogens (tertiary/aromatic N) is 1. The van der Waals surface area contributed by atoms with Gasteiger partial charge in [-0.05, 0) is 79.2 Å². The zero-order chi connectivity index (χ0) is 31.6. The molecule has 0 saturated carbocycles. The van der Waals surface area contributed by atoms with Gasteiger partial charge >= 0.3 is 0 Å². The summed E-state index contributed by atoms with van der Waals surface area (Å²) in [6.45, 7) is 0. The summed E-state index contributed by atoms with van der Waals surface area (Å²) in [7, 11) is 0. The molecule has 0 radical (unpaired) electrons. The average Bonchev–Trinajstić information content (AvgIpc) is 3.57. The maximum Gasteiger partial charge on any atom is 0.0640 e. The van der Waals surface area contributed by atoms with Crippen LogP contribution >= 0.6 is 11.3 Å². The molecule has 0 aliphatic heterocycles. The summed E-state index contributed by atoms with van der Waals surface area (Å²) in [6, 6.07) is 64.3. The van der Waals surface area contributed by atoms with Gasteiger partial charge in [0, 0.05) is 32.2 Å². The average molecular weight is 628 g/mol. The molecule has 9 aromatic carbocycles. The maximum absolute atomic E-state index is 2.45. The van der Waals surface area contributed by atoms with Gasteiger partial charge in [-0.2, -0.15) is 0 Å². The van der Waals surface area contributed by atoms with Crippen LogP contribution < -0.4 is 4.90 Å². The highest BCUT2D eigenvalue weighted by atomic mass is 32.1. The Morgan fingerprint density at radius 2 is 0.917 bits per heavy atom. The van der Waals surface area contributed by atoms with Gasteiger partial charge in [-0.1, -0.05) is 146 Å². The molecule has 1 heterocycles. The summed E-state index contributed by atoms with van der Waals surface area (Å²) in [4.78, 5) is 2.45. The van der Waals surface area contributed by atoms with Crippen LogP contribution in [0.1, 0.15) is 0 Å². The van der Waals surface area contributed by atoms with Crippen LogP contribution in [-0.2, 0) is 0 Å². The second-order valence-electron chi connectivity index (χ2n) is 12.5. The minimum atomic E-state index is 1.13. The summed E-state index contributed by atoms with van der Waals surface area (Å²) in [5.41, 5.74) is 5.90. The molecular weight excluding hydrogens is 599 g/mol. The van der Waals surface area contributed by atoms with Crippen LogP contribution in [0.4, 0.5) is 17.1 Å². The van der Waals surface area contributed by atoms with Crippen molar-refractivity contribution in [2.24, 2.45) is 0 Å². The van der Waals surface area contributed by atoms with Crippen LogP contribution in [-0.4, -0.2) is 0 Å². The van der Waals surface area contributed by atoms with Crippen LogP contribution in [0, 0.1) is 0 Å². The van der Waals surface area contributed by atoms with E-state index in [1.165, 1.54) is 80.1 Å². The third kappa shape index (κ3) is 4.17. The van der Waals surface area contributed by atoms with Gasteiger partial charge in [0.25, 0.3) is 0 Å². The first-order valence-corrected chi connectivity index (χ1v) is 17.3. The summed E-state index contributed by atoms with van der Waals surface area (Å²) in [5, 5.41) is 12.9. The quantitative estimate of drug-likeness (QED) is 0.176. The van der Waals surface area contributed by atoms with E-state index in [-0.39, 0.29) is 0 Å². The molecule has 0 atom stereocenters. The second kappa shape index (κ2) is 10.8. The zero-order valence-corrected chi connectivity index (χ0v) is 26.9. The van der Waals surface area contributed by atoms with Crippen molar-refractivity contribution < 1.29 is 0 Å². The molecule has 0 amide bonds. The lowest BCUT2D eigenvalue weighted by molar-refractivity contribution is 1.31. The first-order chi connectivity index (χ1) is 23.8. The number of rotatable bonds is 4. The Balaban J connectivity index is 1.25. The summed E-state index contributed by atoms with van der Waals surface area (Å²) >= 11 is 1.91. The molecule has 10 aromatic rings. The highest BCUT2D eigenvalue weighted by molar-refractivity contribution is 7.27. The van der Waals surface area contributed by atoms with Crippen LogP contribution in [0.25, 0.3) is 74.4 Å². The molecule has 1 nitrogen and oxygen atoms in total. The van der Waals surface area contributed by atoms with Crippen molar-refractivity contribution in [1.82, 2.24) is 0 Å². The Labute approximate surface area is 282 Å². The van der Waals surface area contributed by atoms with Crippen LogP contribution in [0.3, 0.4) is 0 Å². The lowest BCUT2D eigenvalue weighted by Gasteiger charge is -2.27. The zero-order valence-electron chi connectivity index (χ0n) is 26.1. The van der Waals surface area contributed by atoms with Crippen molar-refractivity contribution in [2.75, 3.05) is 4.90 Å². The summed E-state index contributed by atoms with van der Waals surface area (Å²) in [5.74, 6) is 0. The molecule has 0 aliphatic carbocycles. The van der Waals surface area contributed by atoms with E-state index < -0.39 is 0 Å². The lowest BCUT2D eigenvalue weighted by Crippen LogP contribution is -2.10. The number of anilines is 3. The van der Waals surface area contributed by atoms with Crippen LogP contribution in [0.2, 0.25) is 0 Å². The van der Waals surface area contributed by atoms with E-state index in [1.54, 1.807) is 0 Å². The van der Waals surface area contributed by atoms with Crippen molar-refractivity contribution >= 4 is 91.7 Å². The van der Waals surface area contributed by atoms with Gasteiger partial charge in [0.1, 0.15) is 0 Å². The van der Waals surface area contributed by atoms with E-state index in [4.69, 9.17) is 0 Å². The number of thiophene rings is 1. The standard InChI is InChI=1S/C46H29NS/c1-2-11-30(12-3-1)31-23-25-34(26-24-31)47(35-27-28-37-33(29-35)22-21-32-13-4-5-14-36(32)37)43-20-10-19-42-44-40-17-8-6-15-38(40)39-16-7-9-18-41(39)46(44)48-45(42)43/h1-29H. The van der Waals surface area contributed by atoms with E-state index in [0.29, 0.717) is 0 Å². The fourth-order valence-corrected chi connectivity index (χ4v) is 8.95. The Kier molecular flexibility index (Phi) is 6.12. The third-order valence-corrected chi connectivity index (χ3v) is 11.1. The Bertz CT molecular complexity index is 2830. The molecule has 10 rings (SSSR count). The van der Waals surface area contributed by atoms with Crippen molar-refractivity contribution in [1.29, 1.82) is 0 Å². The Morgan fingerprint density at radius 3 is 1.73 bits per heavy atom. The molecule has 48 heavy (non-hydrogen) atoms. The SMILES string of the molecule is c1ccc(-c2ccc(N(c3ccc4c(ccc5ccccc54)c3)c3cccc4c3sc3c5ccccc5c5ccccc5c43)cc2)cc1. The van der Waals surface area contributed by atoms with Crippen molar-refractivity contribution in [3.8, 4) is 11.1 Å². The van der Waals surface area contributed by atoms with Crippen molar-refractivity contribution in [2.45, 2.75) is 0 Å². The smallest absolute Gasteiger partial charge is 0.0640 e. The number of benzene rings is 9. The second-order valence-corrected chi connectivity index (χ2v) is 13.5. The van der Waals surface area contributed by atoms with Crippen LogP contribution in [0.15, 0.2) is 176 Å². The predicted octanol–water partition coefficient (Wildman–Crippen LogP) is 13.8. The number of hydrogen-bond donors (Lipinski definition) is 0. The van der Waals surface area contributed by atoms with Gasteiger partial charge in [0.05, 0.1) is 10.4 Å². The Hall–Kier alpha value is -5.96. The molecule has 0 aliphatic rings. The molecule has 224 valence electrons. The lowest BCUT2D eigenvalue weighted by atomic mass is 9.97. The minimum absolute atomic E-state index is 1.13. The normalized spacial score (nSPS) is 11.8. The molecule has 0 fully saturated rings. The van der Waals surface area contributed by atoms with Gasteiger partial charge < -0.3 is 4.90 Å². The highest BCUT2D eigenvalue weighted by Crippen LogP contribution is 2.49. The van der Waals surface area contributed by atoms with E-state index in [9.17, 15) is 0 Å². The van der Waals surface area contributed by atoms with E-state index >= 15 is 0 Å². The summed E-state index contributed by atoms with van der Waals surface area (Å²) in [6.07, 6.45) is 0. The van der Waals surface area contributed by atoms with E-state index in [1.807, 2.05) is 11.3 Å². The molecule has 2 heteroatoms. The highest BCUT2D eigenvalue weighted by Gasteiger charge is 2.21. The van der Waals surface area contributed by atoms with E-state index in [0.717, 1.165) is 11.4 Å². The third-order valence-electron chi connectivity index (χ3n) is 9.81. The van der Waals surface area contributed by atoms with Crippen LogP contribution in [0.5, 0.6) is 0 Å². The molecule has 1 aromatic heterocycles. The van der Waals surface area contributed by atoms with Gasteiger partial charge in [-0.15, -0.1) is 11.3 Å². The maximum atomic E-state index is 2.45. The molecule has 0 spiro atoms. The van der Waals surface area contributed by atoms with Gasteiger partial charge in [-0.25, -0.2) is 0 Å². The monoisotopic (exact) mass is 627 g/mol. The number of hydrogen-bond acceptors (Lipinski definition) is 2. The van der Waals surface area contributed by atoms with Gasteiger partial charge in [-0.3, -0.25) is 0 Å². The predicted molar refractivity (Wildman–Crippen MR) is 209 cm³/mol. The van der Waals surface area contributed by atoms with Gasteiger partial charge in [0.2, 0.25) is 0 Å². The minimum Gasteiger partial charge on any atom is -0.309 e. The molecule has 0 unspecified atom stereocenters. The topological polar surface area (TPSA) is 3.24 Å². The van der Waals surface area contributed by atoms with Crippen molar-refractivity contribution in [3.63, 3.8) is 0 Å². The molecule has 0 saturated heterocycles. The first-order valence-electron chi connectivity index (χ1n) is 16.4. The Morgan fingerprint density at radius 1 is 0.333 bits per heavy atom. The molecule has 0 N–H and O–H groups in total.